The Morgan fingerprint density at radius 1 is 1.55 bits per heavy atom. The first-order chi connectivity index (χ1) is 9.83. The van der Waals surface area contributed by atoms with E-state index in [9.17, 15) is 0 Å². The second-order valence-corrected chi connectivity index (χ2v) is 5.93. The molecule has 0 aliphatic heterocycles. The second-order valence-electron chi connectivity index (χ2n) is 4.98. The zero-order chi connectivity index (χ0) is 14.2. The molecule has 1 atom stereocenters. The van der Waals surface area contributed by atoms with Crippen molar-refractivity contribution in [2.24, 2.45) is 5.92 Å². The number of nitrogens with zero attached hydrogens (tertiary/aromatic N) is 1. The van der Waals surface area contributed by atoms with Crippen molar-refractivity contribution in [3.63, 3.8) is 0 Å². The summed E-state index contributed by atoms with van der Waals surface area (Å²) in [5.74, 6) is 1.75. The van der Waals surface area contributed by atoms with Gasteiger partial charge >= 0.3 is 0 Å². The third-order valence-corrected chi connectivity index (χ3v) is 4.42. The van der Waals surface area contributed by atoms with Gasteiger partial charge in [0.15, 0.2) is 0 Å². The van der Waals surface area contributed by atoms with Crippen LogP contribution in [-0.2, 0) is 6.54 Å². The van der Waals surface area contributed by atoms with E-state index in [0.29, 0.717) is 0 Å². The van der Waals surface area contributed by atoms with Gasteiger partial charge in [-0.15, -0.1) is 17.9 Å². The molecule has 2 aromatic heterocycles. The van der Waals surface area contributed by atoms with Crippen LogP contribution < -0.4 is 5.32 Å². The highest BCUT2D eigenvalue weighted by molar-refractivity contribution is 7.13. The van der Waals surface area contributed by atoms with E-state index in [2.05, 4.69) is 46.3 Å². The van der Waals surface area contributed by atoms with Crippen LogP contribution in [-0.4, -0.2) is 16.5 Å². The lowest BCUT2D eigenvalue weighted by Crippen LogP contribution is -2.18. The van der Waals surface area contributed by atoms with E-state index in [4.69, 9.17) is 0 Å². The maximum Gasteiger partial charge on any atom is 0.120 e. The lowest BCUT2D eigenvalue weighted by Gasteiger charge is -2.12. The number of hydrogen-bond donors (Lipinski definition) is 2. The van der Waals surface area contributed by atoms with Gasteiger partial charge in [-0.25, -0.2) is 4.98 Å². The van der Waals surface area contributed by atoms with Crippen molar-refractivity contribution in [3.8, 4) is 10.6 Å². The molecule has 0 saturated heterocycles. The summed E-state index contributed by atoms with van der Waals surface area (Å²) in [7, 11) is 0. The molecule has 0 aliphatic rings. The molecule has 0 bridgehead atoms. The summed E-state index contributed by atoms with van der Waals surface area (Å²) < 4.78 is 0. The van der Waals surface area contributed by atoms with Crippen LogP contribution in [0.25, 0.3) is 10.6 Å². The predicted molar refractivity (Wildman–Crippen MR) is 86.8 cm³/mol. The van der Waals surface area contributed by atoms with Crippen LogP contribution in [0.3, 0.4) is 0 Å². The van der Waals surface area contributed by atoms with Gasteiger partial charge in [0.2, 0.25) is 0 Å². The number of H-pyrrole nitrogens is 1. The summed E-state index contributed by atoms with van der Waals surface area (Å²) in [6.07, 6.45) is 7.46. The van der Waals surface area contributed by atoms with E-state index in [0.717, 1.165) is 36.9 Å². The fourth-order valence-corrected chi connectivity index (χ4v) is 2.94. The Kier molecular flexibility index (Phi) is 6.02. The first-order valence-corrected chi connectivity index (χ1v) is 8.10. The van der Waals surface area contributed by atoms with Crippen molar-refractivity contribution in [1.82, 2.24) is 15.3 Å². The van der Waals surface area contributed by atoms with Crippen LogP contribution in [0.15, 0.2) is 36.4 Å². The number of thiophene rings is 1. The lowest BCUT2D eigenvalue weighted by atomic mass is 9.99. The number of hydrogen-bond acceptors (Lipinski definition) is 3. The molecule has 0 spiro atoms. The number of aromatic nitrogens is 2. The van der Waals surface area contributed by atoms with Gasteiger partial charge in [0, 0.05) is 0 Å². The minimum atomic E-state index is 0.748. The van der Waals surface area contributed by atoms with Gasteiger partial charge in [-0.1, -0.05) is 25.5 Å². The highest BCUT2D eigenvalue weighted by Crippen LogP contribution is 2.22. The molecule has 2 heterocycles. The van der Waals surface area contributed by atoms with E-state index in [1.54, 1.807) is 11.3 Å². The highest BCUT2D eigenvalue weighted by atomic mass is 32.1. The minimum Gasteiger partial charge on any atom is -0.340 e. The SMILES string of the molecule is C=CCC(CC)CCNCc1ncc(-c2cccs2)[nH]1. The molecule has 4 heteroatoms. The van der Waals surface area contributed by atoms with Crippen LogP contribution >= 0.6 is 11.3 Å². The molecule has 2 rings (SSSR count). The molecular weight excluding hydrogens is 266 g/mol. The summed E-state index contributed by atoms with van der Waals surface area (Å²) in [6.45, 7) is 7.89. The van der Waals surface area contributed by atoms with Gasteiger partial charge in [0.1, 0.15) is 5.82 Å². The molecule has 0 radical (unpaired) electrons. The molecule has 108 valence electrons. The molecule has 0 fully saturated rings. The molecule has 2 aromatic rings. The molecular formula is C16H23N3S. The van der Waals surface area contributed by atoms with Gasteiger partial charge < -0.3 is 10.3 Å². The Hall–Kier alpha value is -1.39. The Labute approximate surface area is 125 Å². The number of nitrogens with one attached hydrogen (secondary N) is 2. The van der Waals surface area contributed by atoms with E-state index < -0.39 is 0 Å². The third-order valence-electron chi connectivity index (χ3n) is 3.51. The third kappa shape index (κ3) is 4.32. The normalized spacial score (nSPS) is 12.4. The first-order valence-electron chi connectivity index (χ1n) is 7.22. The standard InChI is InChI=1S/C16H23N3S/c1-3-6-13(4-2)8-9-17-12-16-18-11-14(19-16)15-7-5-10-20-15/h3,5,7,10-11,13,17H,1,4,6,8-9,12H2,2H3,(H,18,19). The summed E-state index contributed by atoms with van der Waals surface area (Å²) in [5, 5.41) is 5.54. The van der Waals surface area contributed by atoms with Crippen LogP contribution in [0.5, 0.6) is 0 Å². The van der Waals surface area contributed by atoms with Crippen molar-refractivity contribution >= 4 is 11.3 Å². The first kappa shape index (κ1) is 15.0. The van der Waals surface area contributed by atoms with Gasteiger partial charge in [-0.3, -0.25) is 0 Å². The number of imidazole rings is 1. The van der Waals surface area contributed by atoms with E-state index >= 15 is 0 Å². The zero-order valence-corrected chi connectivity index (χ0v) is 12.9. The highest BCUT2D eigenvalue weighted by Gasteiger charge is 2.05. The second kappa shape index (κ2) is 8.02. The average Bonchev–Trinajstić information content (AvgIpc) is 3.12. The van der Waals surface area contributed by atoms with Gasteiger partial charge in [0.25, 0.3) is 0 Å². The maximum atomic E-state index is 4.42. The van der Waals surface area contributed by atoms with Crippen molar-refractivity contribution < 1.29 is 0 Å². The smallest absolute Gasteiger partial charge is 0.120 e. The minimum absolute atomic E-state index is 0.748. The molecule has 3 nitrogen and oxygen atoms in total. The molecule has 0 saturated carbocycles. The molecule has 2 N–H and O–H groups in total. The van der Waals surface area contributed by atoms with Crippen LogP contribution in [0.1, 0.15) is 32.0 Å². The topological polar surface area (TPSA) is 40.7 Å². The summed E-state index contributed by atoms with van der Waals surface area (Å²) in [6, 6.07) is 4.17. The summed E-state index contributed by atoms with van der Waals surface area (Å²) >= 11 is 1.73. The maximum absolute atomic E-state index is 4.42. The average molecular weight is 289 g/mol. The predicted octanol–water partition coefficient (Wildman–Crippen LogP) is 4.22. The van der Waals surface area contributed by atoms with Crippen molar-refractivity contribution in [1.29, 1.82) is 0 Å². The summed E-state index contributed by atoms with van der Waals surface area (Å²) in [4.78, 5) is 9.02. The quantitative estimate of drug-likeness (QED) is 0.536. The van der Waals surface area contributed by atoms with E-state index in [-0.39, 0.29) is 0 Å². The van der Waals surface area contributed by atoms with E-state index in [1.807, 2.05) is 12.3 Å². The molecule has 0 amide bonds. The molecule has 1 unspecified atom stereocenters. The number of allylic oxidation sites excluding steroid dienone is 1. The fourth-order valence-electron chi connectivity index (χ4n) is 2.25. The Bertz CT molecular complexity index is 502. The lowest BCUT2D eigenvalue weighted by molar-refractivity contribution is 0.454. The monoisotopic (exact) mass is 289 g/mol. The zero-order valence-electron chi connectivity index (χ0n) is 12.1. The van der Waals surface area contributed by atoms with E-state index in [1.165, 1.54) is 17.7 Å². The largest absolute Gasteiger partial charge is 0.340 e. The van der Waals surface area contributed by atoms with Crippen LogP contribution in [0.4, 0.5) is 0 Å². The van der Waals surface area contributed by atoms with Crippen molar-refractivity contribution in [2.75, 3.05) is 6.54 Å². The fraction of sp³-hybridized carbons (Fsp3) is 0.438. The Balaban J connectivity index is 1.73. The van der Waals surface area contributed by atoms with Gasteiger partial charge in [-0.05, 0) is 36.8 Å². The number of rotatable bonds is 9. The van der Waals surface area contributed by atoms with Crippen molar-refractivity contribution in [2.45, 2.75) is 32.7 Å². The summed E-state index contributed by atoms with van der Waals surface area (Å²) in [5.41, 5.74) is 1.11. The van der Waals surface area contributed by atoms with Gasteiger partial charge in [0.05, 0.1) is 23.3 Å². The van der Waals surface area contributed by atoms with Crippen LogP contribution in [0, 0.1) is 5.92 Å². The molecule has 0 aromatic carbocycles. The van der Waals surface area contributed by atoms with Gasteiger partial charge in [-0.2, -0.15) is 0 Å². The Morgan fingerprint density at radius 2 is 2.45 bits per heavy atom. The molecule has 0 aliphatic carbocycles. The Morgan fingerprint density at radius 3 is 3.15 bits per heavy atom. The van der Waals surface area contributed by atoms with Crippen LogP contribution in [0.2, 0.25) is 0 Å². The molecule has 20 heavy (non-hydrogen) atoms. The number of aromatic amines is 1. The van der Waals surface area contributed by atoms with Crippen molar-refractivity contribution in [3.05, 3.63) is 42.2 Å².